The molecular formula is C6H5F7O2. The molecule has 0 spiro atoms. The SMILES string of the molecule is CC(COC(=O)F)(C(F)(F)F)C(F)(F)F. The molecule has 0 saturated carbocycles. The van der Waals surface area contributed by atoms with E-state index in [-0.39, 0.29) is 6.92 Å². The molecule has 0 aromatic heterocycles. The van der Waals surface area contributed by atoms with Gasteiger partial charge in [0.1, 0.15) is 6.61 Å². The van der Waals surface area contributed by atoms with Crippen molar-refractivity contribution in [2.75, 3.05) is 6.61 Å². The van der Waals surface area contributed by atoms with Crippen LogP contribution in [-0.4, -0.2) is 25.2 Å². The lowest BCUT2D eigenvalue weighted by Gasteiger charge is -2.32. The van der Waals surface area contributed by atoms with E-state index in [0.717, 1.165) is 0 Å². The van der Waals surface area contributed by atoms with Crippen LogP contribution in [0.5, 0.6) is 0 Å². The Labute approximate surface area is 79.0 Å². The second-order valence-corrected chi connectivity index (χ2v) is 2.85. The molecule has 0 atom stereocenters. The van der Waals surface area contributed by atoms with Crippen LogP contribution in [-0.2, 0) is 4.74 Å². The van der Waals surface area contributed by atoms with Gasteiger partial charge < -0.3 is 4.74 Å². The van der Waals surface area contributed by atoms with Crippen LogP contribution in [0.15, 0.2) is 0 Å². The molecule has 90 valence electrons. The molecule has 0 aromatic carbocycles. The number of halogens is 7. The van der Waals surface area contributed by atoms with Crippen molar-refractivity contribution in [2.45, 2.75) is 19.3 Å². The molecule has 0 bridgehead atoms. The molecule has 0 aliphatic carbocycles. The van der Waals surface area contributed by atoms with E-state index in [4.69, 9.17) is 0 Å². The number of rotatable bonds is 2. The van der Waals surface area contributed by atoms with Crippen molar-refractivity contribution in [1.29, 1.82) is 0 Å². The highest BCUT2D eigenvalue weighted by Crippen LogP contribution is 2.50. The molecule has 0 amide bonds. The van der Waals surface area contributed by atoms with E-state index in [1.165, 1.54) is 0 Å². The third-order valence-corrected chi connectivity index (χ3v) is 1.73. The van der Waals surface area contributed by atoms with Gasteiger partial charge in [-0.25, -0.2) is 4.79 Å². The van der Waals surface area contributed by atoms with E-state index >= 15 is 0 Å². The van der Waals surface area contributed by atoms with Gasteiger partial charge in [-0.2, -0.15) is 26.3 Å². The maximum absolute atomic E-state index is 12.0. The molecule has 0 fully saturated rings. The number of hydrogen-bond acceptors (Lipinski definition) is 2. The van der Waals surface area contributed by atoms with Crippen LogP contribution in [0.25, 0.3) is 0 Å². The molecule has 0 rings (SSSR count). The minimum atomic E-state index is -5.69. The highest BCUT2D eigenvalue weighted by Gasteiger charge is 2.68. The number of ether oxygens (including phenoxy) is 1. The zero-order valence-electron chi connectivity index (χ0n) is 7.17. The Morgan fingerprint density at radius 2 is 1.40 bits per heavy atom. The summed E-state index contributed by atoms with van der Waals surface area (Å²) in [5, 5.41) is 0. The van der Waals surface area contributed by atoms with Crippen LogP contribution in [0.1, 0.15) is 6.92 Å². The first-order valence-electron chi connectivity index (χ1n) is 3.37. The number of alkyl halides is 6. The Balaban J connectivity index is 4.98. The van der Waals surface area contributed by atoms with E-state index in [0.29, 0.717) is 0 Å². The van der Waals surface area contributed by atoms with E-state index in [9.17, 15) is 35.5 Å². The fourth-order valence-electron chi connectivity index (χ4n) is 0.525. The predicted molar refractivity (Wildman–Crippen MR) is 32.7 cm³/mol. The first-order valence-corrected chi connectivity index (χ1v) is 3.37. The zero-order chi connectivity index (χ0) is 12.5. The van der Waals surface area contributed by atoms with E-state index in [1.54, 1.807) is 0 Å². The maximum Gasteiger partial charge on any atom is 0.495 e. The largest absolute Gasteiger partial charge is 0.495 e. The summed E-state index contributed by atoms with van der Waals surface area (Å²) in [6.45, 7) is -2.37. The summed E-state index contributed by atoms with van der Waals surface area (Å²) in [5.74, 6) is 0. The lowest BCUT2D eigenvalue weighted by Crippen LogP contribution is -2.51. The molecule has 0 aliphatic heterocycles. The molecule has 0 aromatic rings. The fraction of sp³-hybridized carbons (Fsp3) is 0.833. The molecule has 15 heavy (non-hydrogen) atoms. The highest BCUT2D eigenvalue weighted by atomic mass is 19.4. The lowest BCUT2D eigenvalue weighted by molar-refractivity contribution is -0.342. The average molecular weight is 242 g/mol. The van der Waals surface area contributed by atoms with Gasteiger partial charge in [-0.05, 0) is 6.92 Å². The van der Waals surface area contributed by atoms with Gasteiger partial charge in [-0.3, -0.25) is 0 Å². The van der Waals surface area contributed by atoms with Gasteiger partial charge in [-0.1, -0.05) is 0 Å². The summed E-state index contributed by atoms with van der Waals surface area (Å²) in [5.41, 5.74) is -4.28. The van der Waals surface area contributed by atoms with Gasteiger partial charge in [-0.15, -0.1) is 4.39 Å². The first kappa shape index (κ1) is 14.0. The number of carbonyl (C=O) groups is 1. The van der Waals surface area contributed by atoms with Crippen molar-refractivity contribution in [1.82, 2.24) is 0 Å². The minimum absolute atomic E-state index is 0.226. The quantitative estimate of drug-likeness (QED) is 0.549. The molecule has 0 unspecified atom stereocenters. The van der Waals surface area contributed by atoms with Crippen LogP contribution in [0, 0.1) is 5.41 Å². The van der Waals surface area contributed by atoms with Crippen LogP contribution in [0.2, 0.25) is 0 Å². The Morgan fingerprint density at radius 1 is 1.07 bits per heavy atom. The second kappa shape index (κ2) is 3.86. The molecule has 9 heteroatoms. The second-order valence-electron chi connectivity index (χ2n) is 2.85. The fourth-order valence-corrected chi connectivity index (χ4v) is 0.525. The third-order valence-electron chi connectivity index (χ3n) is 1.73. The molecule has 0 saturated heterocycles. The maximum atomic E-state index is 12.0. The predicted octanol–water partition coefficient (Wildman–Crippen LogP) is 3.22. The van der Waals surface area contributed by atoms with Gasteiger partial charge in [0.05, 0.1) is 0 Å². The van der Waals surface area contributed by atoms with Gasteiger partial charge in [0, 0.05) is 0 Å². The summed E-state index contributed by atoms with van der Waals surface area (Å²) >= 11 is 0. The van der Waals surface area contributed by atoms with Crippen molar-refractivity contribution < 1.29 is 40.3 Å². The number of carbonyl (C=O) groups excluding carboxylic acids is 1. The lowest BCUT2D eigenvalue weighted by atomic mass is 9.90. The summed E-state index contributed by atoms with van der Waals surface area (Å²) < 4.78 is 86.6. The van der Waals surface area contributed by atoms with Crippen LogP contribution >= 0.6 is 0 Å². The first-order chi connectivity index (χ1) is 6.42. The van der Waals surface area contributed by atoms with Crippen molar-refractivity contribution in [3.8, 4) is 0 Å². The minimum Gasteiger partial charge on any atom is -0.439 e. The highest BCUT2D eigenvalue weighted by molar-refractivity contribution is 5.58. The smallest absolute Gasteiger partial charge is 0.439 e. The average Bonchev–Trinajstić information content (AvgIpc) is 1.95. The van der Waals surface area contributed by atoms with Crippen LogP contribution < -0.4 is 0 Å². The van der Waals surface area contributed by atoms with Gasteiger partial charge >= 0.3 is 18.6 Å². The molecule has 0 radical (unpaired) electrons. The molecular weight excluding hydrogens is 237 g/mol. The van der Waals surface area contributed by atoms with Crippen molar-refractivity contribution in [2.24, 2.45) is 5.41 Å². The van der Waals surface area contributed by atoms with Crippen molar-refractivity contribution in [3.05, 3.63) is 0 Å². The molecule has 0 heterocycles. The Bertz CT molecular complexity index is 227. The van der Waals surface area contributed by atoms with E-state index in [2.05, 4.69) is 4.74 Å². The number of hydrogen-bond donors (Lipinski definition) is 0. The van der Waals surface area contributed by atoms with E-state index < -0.39 is 30.6 Å². The third kappa shape index (κ3) is 2.96. The van der Waals surface area contributed by atoms with E-state index in [1.807, 2.05) is 0 Å². The Hall–Kier alpha value is -1.02. The summed E-state index contributed by atoms with van der Waals surface area (Å²) in [6.07, 6.45) is -14.1. The summed E-state index contributed by atoms with van der Waals surface area (Å²) in [7, 11) is 0. The summed E-state index contributed by atoms with van der Waals surface area (Å²) in [6, 6.07) is 0. The van der Waals surface area contributed by atoms with Crippen LogP contribution in [0.3, 0.4) is 0 Å². The molecule has 2 nitrogen and oxygen atoms in total. The van der Waals surface area contributed by atoms with Crippen LogP contribution in [0.4, 0.5) is 35.5 Å². The molecule has 0 aliphatic rings. The van der Waals surface area contributed by atoms with Gasteiger partial charge in [0.15, 0.2) is 5.41 Å². The normalized spacial score (nSPS) is 13.9. The van der Waals surface area contributed by atoms with Crippen molar-refractivity contribution in [3.63, 3.8) is 0 Å². The Morgan fingerprint density at radius 3 is 1.60 bits per heavy atom. The monoisotopic (exact) mass is 242 g/mol. The van der Waals surface area contributed by atoms with Crippen molar-refractivity contribution >= 4 is 6.22 Å². The topological polar surface area (TPSA) is 26.3 Å². The zero-order valence-corrected chi connectivity index (χ0v) is 7.17. The van der Waals surface area contributed by atoms with Gasteiger partial charge in [0.2, 0.25) is 0 Å². The molecule has 0 N–H and O–H groups in total. The Kier molecular flexibility index (Phi) is 3.59. The standard InChI is InChI=1S/C6H5F7O2/c1-4(5(8,9)10,6(11,12)13)2-15-3(7)14/h2H2,1H3. The summed E-state index contributed by atoms with van der Waals surface area (Å²) in [4.78, 5) is 9.52. The van der Waals surface area contributed by atoms with Gasteiger partial charge in [0.25, 0.3) is 0 Å².